The number of nitrogen functional groups attached to an aromatic ring is 1. The summed E-state index contributed by atoms with van der Waals surface area (Å²) in [5, 5.41) is 16.2. The molecule has 0 aliphatic heterocycles. The first kappa shape index (κ1) is 11.8. The van der Waals surface area contributed by atoms with Crippen LogP contribution in [0.4, 0.5) is 11.5 Å². The third kappa shape index (κ3) is 3.43. The third-order valence-corrected chi connectivity index (χ3v) is 2.53. The number of anilines is 2. The number of aliphatic hydroxyl groups excluding tert-OH is 1. The highest BCUT2D eigenvalue weighted by atomic mass is 16.3. The average molecular weight is 212 g/mol. The van der Waals surface area contributed by atoms with Gasteiger partial charge < -0.3 is 16.2 Å². The van der Waals surface area contributed by atoms with Crippen molar-refractivity contribution < 1.29 is 5.11 Å². The van der Waals surface area contributed by atoms with Crippen LogP contribution in [0.3, 0.4) is 0 Å². The van der Waals surface area contributed by atoms with Crippen LogP contribution in [0.1, 0.15) is 19.8 Å². The van der Waals surface area contributed by atoms with Gasteiger partial charge in [0.1, 0.15) is 0 Å². The molecule has 1 aromatic heterocycles. The van der Waals surface area contributed by atoms with Crippen molar-refractivity contribution in [3.8, 4) is 0 Å². The maximum absolute atomic E-state index is 8.85. The topological polar surface area (TPSA) is 76.1 Å². The lowest BCUT2D eigenvalue weighted by Gasteiger charge is -2.13. The largest absolute Gasteiger partial charge is 0.396 e. The van der Waals surface area contributed by atoms with Gasteiger partial charge in [-0.3, -0.25) is 4.68 Å². The summed E-state index contributed by atoms with van der Waals surface area (Å²) in [4.78, 5) is 0. The van der Waals surface area contributed by atoms with Gasteiger partial charge in [-0.15, -0.1) is 0 Å². The van der Waals surface area contributed by atoms with E-state index in [1.807, 2.05) is 7.05 Å². The van der Waals surface area contributed by atoms with Gasteiger partial charge in [-0.25, -0.2) is 0 Å². The molecule has 0 aromatic carbocycles. The van der Waals surface area contributed by atoms with Gasteiger partial charge in [0.25, 0.3) is 0 Å². The zero-order valence-electron chi connectivity index (χ0n) is 9.40. The summed E-state index contributed by atoms with van der Waals surface area (Å²) < 4.78 is 1.69. The molecule has 5 heteroatoms. The fourth-order valence-corrected chi connectivity index (χ4v) is 1.52. The first-order chi connectivity index (χ1) is 7.17. The second kappa shape index (κ2) is 5.60. The molecule has 0 saturated carbocycles. The van der Waals surface area contributed by atoms with E-state index in [2.05, 4.69) is 17.3 Å². The molecule has 1 heterocycles. The van der Waals surface area contributed by atoms with Crippen molar-refractivity contribution in [3.05, 3.63) is 6.20 Å². The van der Waals surface area contributed by atoms with Gasteiger partial charge in [-0.05, 0) is 12.3 Å². The van der Waals surface area contributed by atoms with Crippen LogP contribution in [-0.4, -0.2) is 28.0 Å². The van der Waals surface area contributed by atoms with E-state index in [9.17, 15) is 0 Å². The Kier molecular flexibility index (Phi) is 4.42. The summed E-state index contributed by atoms with van der Waals surface area (Å²) in [6.07, 6.45) is 3.63. The highest BCUT2D eigenvalue weighted by molar-refractivity contribution is 5.59. The van der Waals surface area contributed by atoms with Crippen LogP contribution in [0.5, 0.6) is 0 Å². The third-order valence-electron chi connectivity index (χ3n) is 2.53. The molecule has 0 radical (unpaired) electrons. The molecule has 0 fully saturated rings. The summed E-state index contributed by atoms with van der Waals surface area (Å²) in [6, 6.07) is 0. The number of nitrogens with two attached hydrogens (primary N) is 1. The van der Waals surface area contributed by atoms with Crippen LogP contribution in [0.15, 0.2) is 6.20 Å². The molecular formula is C10H20N4O. The van der Waals surface area contributed by atoms with Gasteiger partial charge in [0.15, 0.2) is 5.82 Å². The van der Waals surface area contributed by atoms with Gasteiger partial charge in [-0.2, -0.15) is 5.10 Å². The number of rotatable bonds is 6. The highest BCUT2D eigenvalue weighted by Crippen LogP contribution is 2.16. The van der Waals surface area contributed by atoms with Crippen molar-refractivity contribution in [2.75, 3.05) is 24.2 Å². The molecule has 4 N–H and O–H groups in total. The first-order valence-electron chi connectivity index (χ1n) is 5.31. The van der Waals surface area contributed by atoms with E-state index in [1.165, 1.54) is 0 Å². The van der Waals surface area contributed by atoms with Crippen LogP contribution in [0, 0.1) is 5.92 Å². The predicted molar refractivity (Wildman–Crippen MR) is 61.6 cm³/mol. The van der Waals surface area contributed by atoms with Gasteiger partial charge in [0.2, 0.25) is 0 Å². The molecule has 0 aliphatic carbocycles. The molecule has 0 bridgehead atoms. The van der Waals surface area contributed by atoms with E-state index in [0.29, 0.717) is 11.6 Å². The molecule has 0 saturated heterocycles. The lowest BCUT2D eigenvalue weighted by molar-refractivity contribution is 0.258. The Morgan fingerprint density at radius 1 is 1.67 bits per heavy atom. The Morgan fingerprint density at radius 3 is 2.87 bits per heavy atom. The molecule has 1 rings (SSSR count). The zero-order valence-corrected chi connectivity index (χ0v) is 9.40. The summed E-state index contributed by atoms with van der Waals surface area (Å²) in [5.41, 5.74) is 6.41. The SMILES string of the molecule is CCC(CCO)CNc1nn(C)cc1N. The maximum Gasteiger partial charge on any atom is 0.171 e. The minimum Gasteiger partial charge on any atom is -0.396 e. The Balaban J connectivity index is 2.44. The normalized spacial score (nSPS) is 12.7. The van der Waals surface area contributed by atoms with Crippen molar-refractivity contribution in [1.29, 1.82) is 0 Å². The molecule has 0 amide bonds. The molecule has 0 spiro atoms. The van der Waals surface area contributed by atoms with Crippen LogP contribution >= 0.6 is 0 Å². The Morgan fingerprint density at radius 2 is 2.40 bits per heavy atom. The van der Waals surface area contributed by atoms with Crippen LogP contribution in [0.25, 0.3) is 0 Å². The number of hydrogen-bond donors (Lipinski definition) is 3. The van der Waals surface area contributed by atoms with Gasteiger partial charge >= 0.3 is 0 Å². The monoisotopic (exact) mass is 212 g/mol. The molecule has 1 aromatic rings. The fraction of sp³-hybridized carbons (Fsp3) is 0.700. The van der Waals surface area contributed by atoms with E-state index in [4.69, 9.17) is 10.8 Å². The number of aryl methyl sites for hydroxylation is 1. The quantitative estimate of drug-likeness (QED) is 0.652. The minimum atomic E-state index is 0.234. The molecule has 1 atom stereocenters. The summed E-state index contributed by atoms with van der Waals surface area (Å²) in [5.74, 6) is 1.20. The van der Waals surface area contributed by atoms with E-state index < -0.39 is 0 Å². The lowest BCUT2D eigenvalue weighted by Crippen LogP contribution is -2.15. The Hall–Kier alpha value is -1.23. The number of nitrogens with zero attached hydrogens (tertiary/aromatic N) is 2. The van der Waals surface area contributed by atoms with Crippen molar-refractivity contribution >= 4 is 11.5 Å². The molecule has 86 valence electrons. The molecule has 5 nitrogen and oxygen atoms in total. The number of nitrogens with one attached hydrogen (secondary N) is 1. The molecule has 0 aliphatic rings. The Bertz CT molecular complexity index is 298. The number of hydrogen-bond acceptors (Lipinski definition) is 4. The number of aliphatic hydroxyl groups is 1. The van der Waals surface area contributed by atoms with Crippen molar-refractivity contribution in [3.63, 3.8) is 0 Å². The van der Waals surface area contributed by atoms with Gasteiger partial charge in [0, 0.05) is 26.4 Å². The standard InChI is InChI=1S/C10H20N4O/c1-3-8(4-5-15)6-12-10-9(11)7-14(2)13-10/h7-8,15H,3-6,11H2,1-2H3,(H,12,13). The highest BCUT2D eigenvalue weighted by Gasteiger charge is 2.08. The average Bonchev–Trinajstić information content (AvgIpc) is 2.52. The van der Waals surface area contributed by atoms with E-state index >= 15 is 0 Å². The Labute approximate surface area is 90.3 Å². The number of aromatic nitrogens is 2. The van der Waals surface area contributed by atoms with Gasteiger partial charge in [0.05, 0.1) is 5.69 Å². The summed E-state index contributed by atoms with van der Waals surface area (Å²) >= 11 is 0. The van der Waals surface area contributed by atoms with Crippen LogP contribution in [-0.2, 0) is 7.05 Å². The zero-order chi connectivity index (χ0) is 11.3. The smallest absolute Gasteiger partial charge is 0.171 e. The minimum absolute atomic E-state index is 0.234. The van der Waals surface area contributed by atoms with E-state index in [0.717, 1.165) is 25.2 Å². The summed E-state index contributed by atoms with van der Waals surface area (Å²) in [7, 11) is 1.84. The maximum atomic E-state index is 8.85. The predicted octanol–water partition coefficient (Wildman–Crippen LogP) is 0.823. The van der Waals surface area contributed by atoms with Crippen LogP contribution in [0.2, 0.25) is 0 Å². The summed E-state index contributed by atoms with van der Waals surface area (Å²) in [6.45, 7) is 3.15. The molecule has 1 unspecified atom stereocenters. The van der Waals surface area contributed by atoms with E-state index in [1.54, 1.807) is 10.9 Å². The molecule has 15 heavy (non-hydrogen) atoms. The van der Waals surface area contributed by atoms with Crippen molar-refractivity contribution in [2.24, 2.45) is 13.0 Å². The van der Waals surface area contributed by atoms with Crippen molar-refractivity contribution in [2.45, 2.75) is 19.8 Å². The van der Waals surface area contributed by atoms with Crippen LogP contribution < -0.4 is 11.1 Å². The first-order valence-corrected chi connectivity index (χ1v) is 5.31. The lowest BCUT2D eigenvalue weighted by atomic mass is 10.0. The second-order valence-electron chi connectivity index (χ2n) is 3.77. The second-order valence-corrected chi connectivity index (χ2v) is 3.77. The van der Waals surface area contributed by atoms with Crippen molar-refractivity contribution in [1.82, 2.24) is 9.78 Å². The molecular weight excluding hydrogens is 192 g/mol. The fourth-order valence-electron chi connectivity index (χ4n) is 1.52. The van der Waals surface area contributed by atoms with E-state index in [-0.39, 0.29) is 6.61 Å². The van der Waals surface area contributed by atoms with Gasteiger partial charge in [-0.1, -0.05) is 13.3 Å².